The number of rotatable bonds is 4. The van der Waals surface area contributed by atoms with Gasteiger partial charge in [-0.05, 0) is 25.3 Å². The van der Waals surface area contributed by atoms with Gasteiger partial charge in [-0.15, -0.1) is 0 Å². The quantitative estimate of drug-likeness (QED) is 0.763. The number of Topliss-reactive ketones (excluding diaryl/α,β-unsaturated/α-hetero) is 1. The van der Waals surface area contributed by atoms with Crippen molar-refractivity contribution in [1.82, 2.24) is 0 Å². The summed E-state index contributed by atoms with van der Waals surface area (Å²) in [6.45, 7) is 1.99. The molecule has 1 atom stereocenters. The topological polar surface area (TPSA) is 43.1 Å². The van der Waals surface area contributed by atoms with Gasteiger partial charge < -0.3 is 5.73 Å². The van der Waals surface area contributed by atoms with E-state index in [0.29, 0.717) is 5.92 Å². The van der Waals surface area contributed by atoms with E-state index >= 15 is 0 Å². The predicted molar refractivity (Wildman–Crippen MR) is 60.8 cm³/mol. The van der Waals surface area contributed by atoms with Crippen LogP contribution in [0.4, 0.5) is 0 Å². The molecule has 0 saturated heterocycles. The first-order chi connectivity index (χ1) is 7.16. The highest BCUT2D eigenvalue weighted by molar-refractivity contribution is 6.00. The Morgan fingerprint density at radius 1 is 1.53 bits per heavy atom. The number of ketones is 1. The van der Waals surface area contributed by atoms with Crippen molar-refractivity contribution >= 4 is 5.78 Å². The van der Waals surface area contributed by atoms with Crippen molar-refractivity contribution in [2.75, 3.05) is 0 Å². The Labute approximate surface area is 90.5 Å². The zero-order valence-electron chi connectivity index (χ0n) is 9.07. The average molecular weight is 203 g/mol. The number of carbonyl (C=O) groups is 1. The van der Waals surface area contributed by atoms with Crippen LogP contribution in [-0.4, -0.2) is 11.8 Å². The lowest BCUT2D eigenvalue weighted by molar-refractivity contribution is 0.0954. The molecule has 15 heavy (non-hydrogen) atoms. The van der Waals surface area contributed by atoms with Crippen molar-refractivity contribution in [3.63, 3.8) is 0 Å². The summed E-state index contributed by atoms with van der Waals surface area (Å²) in [6, 6.07) is 7.35. The van der Waals surface area contributed by atoms with Crippen molar-refractivity contribution in [3.8, 4) is 0 Å². The van der Waals surface area contributed by atoms with E-state index in [4.69, 9.17) is 5.73 Å². The SMILES string of the molecule is Cc1cccc(C(=O)C(N)CC2CC2)c1. The smallest absolute Gasteiger partial charge is 0.179 e. The van der Waals surface area contributed by atoms with Crippen LogP contribution in [0, 0.1) is 12.8 Å². The lowest BCUT2D eigenvalue weighted by atomic mass is 9.99. The van der Waals surface area contributed by atoms with E-state index in [1.165, 1.54) is 12.8 Å². The molecule has 0 bridgehead atoms. The molecule has 0 spiro atoms. The Kier molecular flexibility index (Phi) is 2.87. The summed E-state index contributed by atoms with van der Waals surface area (Å²) in [5.74, 6) is 0.791. The molecule has 1 aliphatic carbocycles. The van der Waals surface area contributed by atoms with Gasteiger partial charge in [-0.1, -0.05) is 36.6 Å². The summed E-state index contributed by atoms with van der Waals surface area (Å²) < 4.78 is 0. The third kappa shape index (κ3) is 2.66. The second-order valence-corrected chi connectivity index (χ2v) is 4.52. The molecule has 2 N–H and O–H groups in total. The second kappa shape index (κ2) is 4.15. The minimum atomic E-state index is -0.306. The maximum absolute atomic E-state index is 11.9. The largest absolute Gasteiger partial charge is 0.321 e. The maximum Gasteiger partial charge on any atom is 0.179 e. The zero-order chi connectivity index (χ0) is 10.8. The normalized spacial score (nSPS) is 17.5. The number of aryl methyl sites for hydroxylation is 1. The first-order valence-electron chi connectivity index (χ1n) is 5.53. The van der Waals surface area contributed by atoms with Gasteiger partial charge in [0.15, 0.2) is 5.78 Å². The van der Waals surface area contributed by atoms with E-state index in [9.17, 15) is 4.79 Å². The van der Waals surface area contributed by atoms with Crippen LogP contribution in [0.25, 0.3) is 0 Å². The van der Waals surface area contributed by atoms with Gasteiger partial charge in [-0.25, -0.2) is 0 Å². The Morgan fingerprint density at radius 3 is 2.87 bits per heavy atom. The van der Waals surface area contributed by atoms with E-state index in [0.717, 1.165) is 17.5 Å². The summed E-state index contributed by atoms with van der Waals surface area (Å²) in [4.78, 5) is 11.9. The van der Waals surface area contributed by atoms with E-state index in [2.05, 4.69) is 0 Å². The number of hydrogen-bond donors (Lipinski definition) is 1. The Hall–Kier alpha value is -1.15. The number of benzene rings is 1. The molecule has 1 saturated carbocycles. The molecular weight excluding hydrogens is 186 g/mol. The van der Waals surface area contributed by atoms with Gasteiger partial charge in [0.05, 0.1) is 6.04 Å². The molecule has 0 aliphatic heterocycles. The van der Waals surface area contributed by atoms with Crippen LogP contribution in [-0.2, 0) is 0 Å². The number of carbonyl (C=O) groups excluding carboxylic acids is 1. The molecule has 1 fully saturated rings. The van der Waals surface area contributed by atoms with Crippen molar-refractivity contribution < 1.29 is 4.79 Å². The molecule has 1 aromatic carbocycles. The number of nitrogens with two attached hydrogens (primary N) is 1. The summed E-state index contributed by atoms with van der Waals surface area (Å²) in [5.41, 5.74) is 7.75. The molecule has 0 radical (unpaired) electrons. The lowest BCUT2D eigenvalue weighted by Gasteiger charge is -2.09. The van der Waals surface area contributed by atoms with Crippen LogP contribution >= 0.6 is 0 Å². The van der Waals surface area contributed by atoms with E-state index in [1.54, 1.807) is 0 Å². The molecule has 1 aromatic rings. The molecule has 0 amide bonds. The van der Waals surface area contributed by atoms with Crippen molar-refractivity contribution in [2.45, 2.75) is 32.2 Å². The lowest BCUT2D eigenvalue weighted by Crippen LogP contribution is -2.31. The van der Waals surface area contributed by atoms with Crippen LogP contribution < -0.4 is 5.73 Å². The third-order valence-corrected chi connectivity index (χ3v) is 2.92. The zero-order valence-corrected chi connectivity index (χ0v) is 9.07. The molecule has 2 rings (SSSR count). The van der Waals surface area contributed by atoms with E-state index in [1.807, 2.05) is 31.2 Å². The van der Waals surface area contributed by atoms with E-state index in [-0.39, 0.29) is 11.8 Å². The van der Waals surface area contributed by atoms with Gasteiger partial charge >= 0.3 is 0 Å². The van der Waals surface area contributed by atoms with Crippen LogP contribution in [0.2, 0.25) is 0 Å². The second-order valence-electron chi connectivity index (χ2n) is 4.52. The van der Waals surface area contributed by atoms with Gasteiger partial charge in [-0.3, -0.25) is 4.79 Å². The molecule has 0 heterocycles. The highest BCUT2D eigenvalue weighted by atomic mass is 16.1. The molecule has 80 valence electrons. The monoisotopic (exact) mass is 203 g/mol. The fourth-order valence-corrected chi connectivity index (χ4v) is 1.83. The van der Waals surface area contributed by atoms with Crippen LogP contribution in [0.3, 0.4) is 0 Å². The molecule has 2 heteroatoms. The summed E-state index contributed by atoms with van der Waals surface area (Å²) in [6.07, 6.45) is 3.34. The van der Waals surface area contributed by atoms with Gasteiger partial charge in [0.2, 0.25) is 0 Å². The highest BCUT2D eigenvalue weighted by Gasteiger charge is 2.27. The Balaban J connectivity index is 2.05. The van der Waals surface area contributed by atoms with Crippen molar-refractivity contribution in [3.05, 3.63) is 35.4 Å². The van der Waals surface area contributed by atoms with Crippen molar-refractivity contribution in [1.29, 1.82) is 0 Å². The Bertz CT molecular complexity index is 369. The maximum atomic E-state index is 11.9. The summed E-state index contributed by atoms with van der Waals surface area (Å²) in [5, 5.41) is 0. The van der Waals surface area contributed by atoms with Crippen LogP contribution in [0.15, 0.2) is 24.3 Å². The molecule has 2 nitrogen and oxygen atoms in total. The minimum Gasteiger partial charge on any atom is -0.321 e. The molecule has 1 aliphatic rings. The third-order valence-electron chi connectivity index (χ3n) is 2.92. The van der Waals surface area contributed by atoms with Gasteiger partial charge in [0.1, 0.15) is 0 Å². The van der Waals surface area contributed by atoms with Crippen LogP contribution in [0.5, 0.6) is 0 Å². The first kappa shape index (κ1) is 10.4. The predicted octanol–water partition coefficient (Wildman–Crippen LogP) is 2.31. The number of hydrogen-bond acceptors (Lipinski definition) is 2. The fraction of sp³-hybridized carbons (Fsp3) is 0.462. The average Bonchev–Trinajstić information content (AvgIpc) is 3.00. The highest BCUT2D eigenvalue weighted by Crippen LogP contribution is 2.33. The van der Waals surface area contributed by atoms with Gasteiger partial charge in [0, 0.05) is 5.56 Å². The van der Waals surface area contributed by atoms with Gasteiger partial charge in [0.25, 0.3) is 0 Å². The fourth-order valence-electron chi connectivity index (χ4n) is 1.83. The van der Waals surface area contributed by atoms with E-state index < -0.39 is 0 Å². The summed E-state index contributed by atoms with van der Waals surface area (Å²) in [7, 11) is 0. The van der Waals surface area contributed by atoms with Crippen molar-refractivity contribution in [2.24, 2.45) is 11.7 Å². The molecule has 0 aromatic heterocycles. The standard InChI is InChI=1S/C13H17NO/c1-9-3-2-4-11(7-9)13(15)12(14)8-10-5-6-10/h2-4,7,10,12H,5-6,8,14H2,1H3. The minimum absolute atomic E-state index is 0.0885. The summed E-state index contributed by atoms with van der Waals surface area (Å²) >= 11 is 0. The Morgan fingerprint density at radius 2 is 2.27 bits per heavy atom. The molecular formula is C13H17NO. The van der Waals surface area contributed by atoms with Gasteiger partial charge in [-0.2, -0.15) is 0 Å². The molecule has 1 unspecified atom stereocenters. The van der Waals surface area contributed by atoms with Crippen LogP contribution in [0.1, 0.15) is 35.2 Å². The first-order valence-corrected chi connectivity index (χ1v) is 5.53.